The molecule has 27 heavy (non-hydrogen) atoms. The molecule has 0 N–H and O–H groups in total. The van der Waals surface area contributed by atoms with E-state index in [1.54, 1.807) is 24.3 Å². The van der Waals surface area contributed by atoms with Crippen molar-refractivity contribution in [2.75, 3.05) is 0 Å². The highest BCUT2D eigenvalue weighted by molar-refractivity contribution is 7.85. The highest BCUT2D eigenvalue weighted by atomic mass is 35.5. The van der Waals surface area contributed by atoms with Crippen molar-refractivity contribution in [1.82, 2.24) is 0 Å². The summed E-state index contributed by atoms with van der Waals surface area (Å²) in [6.45, 7) is 0. The Hall–Kier alpha value is -2.27. The summed E-state index contributed by atoms with van der Waals surface area (Å²) in [5, 5.41) is -0.0361. The molecule has 3 aromatic rings. The van der Waals surface area contributed by atoms with Crippen LogP contribution in [-0.4, -0.2) is 15.6 Å². The van der Waals surface area contributed by atoms with Gasteiger partial charge in [-0.25, -0.2) is 0 Å². The molecule has 5 heteroatoms. The first kappa shape index (κ1) is 16.9. The summed E-state index contributed by atoms with van der Waals surface area (Å²) in [6, 6.07) is 23.9. The zero-order valence-electron chi connectivity index (χ0n) is 14.2. The summed E-state index contributed by atoms with van der Waals surface area (Å²) in [5.41, 5.74) is 0.863. The van der Waals surface area contributed by atoms with Gasteiger partial charge < -0.3 is 4.74 Å². The van der Waals surface area contributed by atoms with E-state index < -0.39 is 27.8 Å². The lowest BCUT2D eigenvalue weighted by atomic mass is 9.85. The fourth-order valence-electron chi connectivity index (χ4n) is 3.96. The molecule has 0 amide bonds. The third kappa shape index (κ3) is 2.37. The molecular weight excluding hydrogens is 380 g/mol. The van der Waals surface area contributed by atoms with Crippen LogP contribution in [0.2, 0.25) is 5.02 Å². The molecule has 2 heterocycles. The maximum absolute atomic E-state index is 13.5. The Kier molecular flexibility index (Phi) is 3.83. The zero-order chi connectivity index (χ0) is 18.6. The molecule has 0 aromatic heterocycles. The van der Waals surface area contributed by atoms with Crippen molar-refractivity contribution in [3.8, 4) is 0 Å². The Morgan fingerprint density at radius 2 is 1.56 bits per heavy atom. The van der Waals surface area contributed by atoms with Crippen molar-refractivity contribution >= 4 is 28.2 Å². The van der Waals surface area contributed by atoms with Crippen LogP contribution >= 0.6 is 11.6 Å². The Morgan fingerprint density at radius 3 is 2.33 bits per heavy atom. The number of fused-ring (bicyclic) bond motifs is 1. The molecule has 4 atom stereocenters. The lowest BCUT2D eigenvalue weighted by Gasteiger charge is -2.30. The first-order valence-corrected chi connectivity index (χ1v) is 10.3. The molecule has 1 saturated heterocycles. The van der Waals surface area contributed by atoms with Crippen molar-refractivity contribution in [2.24, 2.45) is 0 Å². The average molecular weight is 395 g/mol. The number of carbonyl (C=O) groups is 1. The number of epoxide rings is 1. The smallest absolute Gasteiger partial charge is 0.200 e. The summed E-state index contributed by atoms with van der Waals surface area (Å²) < 4.78 is 19.6. The van der Waals surface area contributed by atoms with Gasteiger partial charge in [0.25, 0.3) is 0 Å². The minimum atomic E-state index is -1.42. The zero-order valence-corrected chi connectivity index (χ0v) is 15.7. The minimum Gasteiger partial charge on any atom is -0.350 e. The minimum absolute atomic E-state index is 0.128. The molecule has 5 rings (SSSR count). The summed E-state index contributed by atoms with van der Waals surface area (Å²) in [4.78, 5) is 14.1. The van der Waals surface area contributed by atoms with E-state index in [1.807, 2.05) is 54.6 Å². The normalized spacial score (nSPS) is 28.8. The number of Topliss-reactive ketones (excluding diaryl/α,β-unsaturated/α-hetero) is 1. The monoisotopic (exact) mass is 394 g/mol. The second kappa shape index (κ2) is 6.13. The van der Waals surface area contributed by atoms with E-state index in [0.29, 0.717) is 15.5 Å². The molecule has 0 bridgehead atoms. The summed E-state index contributed by atoms with van der Waals surface area (Å²) in [7, 11) is -1.42. The molecule has 4 unspecified atom stereocenters. The van der Waals surface area contributed by atoms with Crippen LogP contribution in [-0.2, 0) is 15.5 Å². The lowest BCUT2D eigenvalue weighted by molar-refractivity contribution is 0.0859. The maximum atomic E-state index is 13.5. The van der Waals surface area contributed by atoms with Crippen LogP contribution in [0.5, 0.6) is 0 Å². The predicted octanol–water partition coefficient (Wildman–Crippen LogP) is 4.90. The fraction of sp³-hybridized carbons (Fsp3) is 0.136. The van der Waals surface area contributed by atoms with Gasteiger partial charge in [0.1, 0.15) is 11.4 Å². The molecule has 0 aliphatic carbocycles. The van der Waals surface area contributed by atoms with Crippen molar-refractivity contribution < 1.29 is 13.7 Å². The van der Waals surface area contributed by atoms with E-state index in [0.717, 1.165) is 11.1 Å². The summed E-state index contributed by atoms with van der Waals surface area (Å²) in [6.07, 6.45) is -0.513. The third-order valence-electron chi connectivity index (χ3n) is 5.24. The Bertz CT molecular complexity index is 1080. The summed E-state index contributed by atoms with van der Waals surface area (Å²) >= 11 is 6.37. The van der Waals surface area contributed by atoms with Crippen molar-refractivity contribution in [2.45, 2.75) is 21.9 Å². The van der Waals surface area contributed by atoms with E-state index in [-0.39, 0.29) is 5.78 Å². The molecule has 134 valence electrons. The molecule has 0 radical (unpaired) electrons. The van der Waals surface area contributed by atoms with Gasteiger partial charge >= 0.3 is 0 Å². The first-order valence-electron chi connectivity index (χ1n) is 8.66. The standard InChI is InChI=1S/C22H15ClO3S/c23-17-12-6-4-10-15(17)20-22(26-20)19(24)16-11-5-7-13-18(16)27(25)21(22)14-8-2-1-3-9-14/h1-13,20-21H. The van der Waals surface area contributed by atoms with E-state index >= 15 is 0 Å². The average Bonchev–Trinajstić information content (AvgIpc) is 3.43. The number of halogens is 1. The van der Waals surface area contributed by atoms with E-state index in [9.17, 15) is 9.00 Å². The molecule has 3 aromatic carbocycles. The van der Waals surface area contributed by atoms with Crippen molar-refractivity contribution in [3.63, 3.8) is 0 Å². The van der Waals surface area contributed by atoms with Crippen molar-refractivity contribution in [3.05, 3.63) is 101 Å². The van der Waals surface area contributed by atoms with Crippen LogP contribution in [0, 0.1) is 0 Å². The van der Waals surface area contributed by atoms with E-state index in [4.69, 9.17) is 16.3 Å². The SMILES string of the molecule is O=C1c2ccccc2S(=O)C(c2ccccc2)C12OC2c1ccccc1Cl. The first-order chi connectivity index (χ1) is 13.1. The highest BCUT2D eigenvalue weighted by Crippen LogP contribution is 2.63. The third-order valence-corrected chi connectivity index (χ3v) is 7.43. The van der Waals surface area contributed by atoms with Crippen LogP contribution in [0.25, 0.3) is 0 Å². The molecule has 3 nitrogen and oxygen atoms in total. The van der Waals surface area contributed by atoms with Gasteiger partial charge in [-0.05, 0) is 17.7 Å². The van der Waals surface area contributed by atoms with Gasteiger partial charge in [-0.2, -0.15) is 0 Å². The second-order valence-corrected chi connectivity index (χ2v) is 8.64. The van der Waals surface area contributed by atoms with Crippen molar-refractivity contribution in [1.29, 1.82) is 0 Å². The molecule has 2 aliphatic rings. The molecule has 1 fully saturated rings. The van der Waals surface area contributed by atoms with Gasteiger partial charge in [0.15, 0.2) is 5.60 Å². The van der Waals surface area contributed by atoms with Gasteiger partial charge in [-0.3, -0.25) is 9.00 Å². The van der Waals surface area contributed by atoms with Gasteiger partial charge in [-0.1, -0.05) is 78.3 Å². The fourth-order valence-corrected chi connectivity index (χ4v) is 6.05. The number of rotatable bonds is 2. The van der Waals surface area contributed by atoms with Crippen LogP contribution < -0.4 is 0 Å². The van der Waals surface area contributed by atoms with Gasteiger partial charge in [0, 0.05) is 16.1 Å². The molecule has 1 spiro atoms. The summed E-state index contributed by atoms with van der Waals surface area (Å²) in [5.74, 6) is -0.128. The Balaban J connectivity index is 1.72. The van der Waals surface area contributed by atoms with Crippen LogP contribution in [0.15, 0.2) is 83.8 Å². The molecular formula is C22H15ClO3S. The van der Waals surface area contributed by atoms with E-state index in [2.05, 4.69) is 0 Å². The maximum Gasteiger partial charge on any atom is 0.200 e. The van der Waals surface area contributed by atoms with Crippen LogP contribution in [0.3, 0.4) is 0 Å². The Labute approximate surface area is 164 Å². The highest BCUT2D eigenvalue weighted by Gasteiger charge is 2.71. The quantitative estimate of drug-likeness (QED) is 0.581. The number of benzene rings is 3. The van der Waals surface area contributed by atoms with Gasteiger partial charge in [-0.15, -0.1) is 0 Å². The number of hydrogen-bond acceptors (Lipinski definition) is 3. The second-order valence-electron chi connectivity index (χ2n) is 6.73. The number of ketones is 1. The van der Waals surface area contributed by atoms with Crippen LogP contribution in [0.4, 0.5) is 0 Å². The van der Waals surface area contributed by atoms with Gasteiger partial charge in [0.2, 0.25) is 5.78 Å². The largest absolute Gasteiger partial charge is 0.350 e. The number of ether oxygens (including phenoxy) is 1. The molecule has 2 aliphatic heterocycles. The predicted molar refractivity (Wildman–Crippen MR) is 104 cm³/mol. The number of hydrogen-bond donors (Lipinski definition) is 0. The van der Waals surface area contributed by atoms with Crippen LogP contribution in [0.1, 0.15) is 32.8 Å². The van der Waals surface area contributed by atoms with Gasteiger partial charge in [0.05, 0.1) is 15.7 Å². The Morgan fingerprint density at radius 1 is 0.889 bits per heavy atom. The lowest BCUT2D eigenvalue weighted by Crippen LogP contribution is -2.40. The topological polar surface area (TPSA) is 46.7 Å². The van der Waals surface area contributed by atoms with E-state index in [1.165, 1.54) is 0 Å². The molecule has 0 saturated carbocycles. The number of carbonyl (C=O) groups excluding carboxylic acids is 1.